The minimum absolute atomic E-state index is 0.0115. The molecule has 2 aromatic rings. The van der Waals surface area contributed by atoms with E-state index in [-0.39, 0.29) is 42.1 Å². The Hall–Kier alpha value is -2.61. The van der Waals surface area contributed by atoms with Gasteiger partial charge in [0, 0.05) is 12.2 Å². The highest BCUT2D eigenvalue weighted by atomic mass is 32.2. The predicted octanol–water partition coefficient (Wildman–Crippen LogP) is 5.87. The van der Waals surface area contributed by atoms with E-state index >= 15 is 0 Å². The van der Waals surface area contributed by atoms with E-state index in [9.17, 15) is 49.4 Å². The van der Waals surface area contributed by atoms with Gasteiger partial charge in [0.15, 0.2) is 0 Å². The second kappa shape index (κ2) is 10.8. The first-order valence-electron chi connectivity index (χ1n) is 10.1. The molecular formula is C22H21F9N2O2S. The number of aliphatic hydroxyl groups is 1. The van der Waals surface area contributed by atoms with Crippen LogP contribution in [-0.4, -0.2) is 35.7 Å². The number of nitrogens with one attached hydrogen (secondary N) is 2. The number of carbonyl (C=O) groups is 1. The van der Waals surface area contributed by atoms with Gasteiger partial charge in [-0.05, 0) is 60.2 Å². The third-order valence-electron chi connectivity index (χ3n) is 5.18. The number of hydrogen-bond acceptors (Lipinski definition) is 4. The molecule has 3 N–H and O–H groups in total. The molecule has 1 atom stereocenters. The third kappa shape index (κ3) is 7.21. The Morgan fingerprint density at radius 1 is 0.889 bits per heavy atom. The molecule has 14 heteroatoms. The highest BCUT2D eigenvalue weighted by Crippen LogP contribution is 2.44. The minimum atomic E-state index is -5.64. The molecule has 0 radical (unpaired) electrons. The summed E-state index contributed by atoms with van der Waals surface area (Å²) < 4.78 is 120. The van der Waals surface area contributed by atoms with Gasteiger partial charge in [-0.15, -0.1) is 0 Å². The first kappa shape index (κ1) is 29.6. The van der Waals surface area contributed by atoms with E-state index < -0.39 is 47.4 Å². The maximum Gasteiger partial charge on any atom is 0.423 e. The Morgan fingerprint density at radius 2 is 1.42 bits per heavy atom. The molecule has 36 heavy (non-hydrogen) atoms. The molecule has 0 bridgehead atoms. The van der Waals surface area contributed by atoms with Crippen LogP contribution in [0.1, 0.15) is 27.8 Å². The SMILES string of the molecule is CSCC(=O)NCc1ccc(NC[C@](O)(c2cc(C(F)(F)F)cc(C(F)(F)F)c2)C(F)(F)F)cc1C. The van der Waals surface area contributed by atoms with E-state index in [1.54, 1.807) is 13.2 Å². The number of alkyl halides is 9. The maximum absolute atomic E-state index is 13.8. The Bertz CT molecular complexity index is 1050. The van der Waals surface area contributed by atoms with Gasteiger partial charge >= 0.3 is 18.5 Å². The molecule has 0 saturated heterocycles. The molecule has 0 aliphatic heterocycles. The summed E-state index contributed by atoms with van der Waals surface area (Å²) in [6.07, 6.45) is -14.7. The van der Waals surface area contributed by atoms with Crippen LogP contribution in [0.4, 0.5) is 45.2 Å². The van der Waals surface area contributed by atoms with Gasteiger partial charge in [-0.1, -0.05) is 6.07 Å². The van der Waals surface area contributed by atoms with E-state index in [1.165, 1.54) is 30.0 Å². The number of benzene rings is 2. The van der Waals surface area contributed by atoms with Crippen molar-refractivity contribution in [1.29, 1.82) is 0 Å². The van der Waals surface area contributed by atoms with E-state index in [2.05, 4.69) is 10.6 Å². The molecule has 0 saturated carbocycles. The van der Waals surface area contributed by atoms with Crippen LogP contribution >= 0.6 is 11.8 Å². The van der Waals surface area contributed by atoms with Crippen molar-refractivity contribution in [2.24, 2.45) is 0 Å². The topological polar surface area (TPSA) is 61.4 Å². The van der Waals surface area contributed by atoms with Gasteiger partial charge in [0.2, 0.25) is 11.5 Å². The number of hydrogen-bond donors (Lipinski definition) is 3. The Morgan fingerprint density at radius 3 is 1.86 bits per heavy atom. The van der Waals surface area contributed by atoms with Gasteiger partial charge in [0.25, 0.3) is 0 Å². The minimum Gasteiger partial charge on any atom is -0.381 e. The van der Waals surface area contributed by atoms with Gasteiger partial charge in [-0.3, -0.25) is 4.79 Å². The lowest BCUT2D eigenvalue weighted by molar-refractivity contribution is -0.261. The van der Waals surface area contributed by atoms with Crippen LogP contribution < -0.4 is 10.6 Å². The summed E-state index contributed by atoms with van der Waals surface area (Å²) >= 11 is 1.30. The summed E-state index contributed by atoms with van der Waals surface area (Å²) in [7, 11) is 0. The maximum atomic E-state index is 13.8. The summed E-state index contributed by atoms with van der Waals surface area (Å²) in [4.78, 5) is 11.6. The smallest absolute Gasteiger partial charge is 0.381 e. The second-order valence-corrected chi connectivity index (χ2v) is 8.72. The average Bonchev–Trinajstić information content (AvgIpc) is 2.74. The molecule has 2 aromatic carbocycles. The first-order chi connectivity index (χ1) is 16.4. The number of amides is 1. The fraction of sp³-hybridized carbons (Fsp3) is 0.409. The zero-order valence-electron chi connectivity index (χ0n) is 18.8. The van der Waals surface area contributed by atoms with Crippen LogP contribution in [0.15, 0.2) is 36.4 Å². The Balaban J connectivity index is 2.39. The van der Waals surface area contributed by atoms with Crippen molar-refractivity contribution in [3.05, 3.63) is 64.2 Å². The van der Waals surface area contributed by atoms with E-state index in [1.807, 2.05) is 0 Å². The standard InChI is InChI=1S/C22H21F9N2O2S/c1-12-5-17(4-3-13(12)9-32-18(34)10-36-2)33-11-19(35,22(29,30)31)14-6-15(20(23,24)25)8-16(7-14)21(26,27)28/h3-8,33,35H,9-11H2,1-2H3,(H,32,34)/t19-/m0/s1. The van der Waals surface area contributed by atoms with E-state index in [4.69, 9.17) is 0 Å². The lowest BCUT2D eigenvalue weighted by Crippen LogP contribution is -2.48. The molecule has 0 unspecified atom stereocenters. The zero-order chi connectivity index (χ0) is 27.5. The Kier molecular flexibility index (Phi) is 8.88. The van der Waals surface area contributed by atoms with Gasteiger partial charge in [0.1, 0.15) is 0 Å². The molecule has 0 aromatic heterocycles. The molecule has 0 aliphatic carbocycles. The van der Waals surface area contributed by atoms with Crippen molar-refractivity contribution in [2.45, 2.75) is 37.6 Å². The van der Waals surface area contributed by atoms with Crippen molar-refractivity contribution in [3.63, 3.8) is 0 Å². The van der Waals surface area contributed by atoms with Crippen LogP contribution in [0.2, 0.25) is 0 Å². The quantitative estimate of drug-likeness (QED) is 0.361. The number of rotatable bonds is 8. The fourth-order valence-electron chi connectivity index (χ4n) is 3.17. The monoisotopic (exact) mass is 548 g/mol. The lowest BCUT2D eigenvalue weighted by atomic mass is 9.89. The second-order valence-electron chi connectivity index (χ2n) is 7.86. The molecule has 1 amide bonds. The van der Waals surface area contributed by atoms with Crippen molar-refractivity contribution in [1.82, 2.24) is 5.32 Å². The van der Waals surface area contributed by atoms with Crippen LogP contribution in [0, 0.1) is 6.92 Å². The van der Waals surface area contributed by atoms with Crippen LogP contribution in [0.3, 0.4) is 0 Å². The summed E-state index contributed by atoms with van der Waals surface area (Å²) in [6.45, 7) is 0.237. The van der Waals surface area contributed by atoms with Gasteiger partial charge in [-0.2, -0.15) is 51.3 Å². The van der Waals surface area contributed by atoms with E-state index in [0.717, 1.165) is 0 Å². The van der Waals surface area contributed by atoms with Crippen molar-refractivity contribution < 1.29 is 49.4 Å². The molecule has 0 aliphatic rings. The van der Waals surface area contributed by atoms with Gasteiger partial charge in [0.05, 0.1) is 23.4 Å². The fourth-order valence-corrected chi connectivity index (χ4v) is 3.53. The highest BCUT2D eigenvalue weighted by Gasteiger charge is 2.56. The third-order valence-corrected chi connectivity index (χ3v) is 5.73. The molecule has 2 rings (SSSR count). The first-order valence-corrected chi connectivity index (χ1v) is 11.5. The zero-order valence-corrected chi connectivity index (χ0v) is 19.6. The van der Waals surface area contributed by atoms with Crippen molar-refractivity contribution in [3.8, 4) is 0 Å². The molecule has 200 valence electrons. The van der Waals surface area contributed by atoms with E-state index in [0.29, 0.717) is 11.1 Å². The summed E-state index contributed by atoms with van der Waals surface area (Å²) in [6, 6.07) is 3.49. The van der Waals surface area contributed by atoms with Crippen molar-refractivity contribution in [2.75, 3.05) is 23.9 Å². The number of thioether (sulfide) groups is 1. The number of halogens is 9. The highest BCUT2D eigenvalue weighted by molar-refractivity contribution is 7.99. The average molecular weight is 548 g/mol. The number of anilines is 1. The molecule has 0 heterocycles. The summed E-state index contributed by atoms with van der Waals surface area (Å²) in [5, 5.41) is 15.3. The normalized spacial score (nSPS) is 14.3. The van der Waals surface area contributed by atoms with Crippen LogP contribution in [-0.2, 0) is 29.3 Å². The summed E-state index contributed by atoms with van der Waals surface area (Å²) in [5.74, 6) is -0.0148. The summed E-state index contributed by atoms with van der Waals surface area (Å²) in [5.41, 5.74) is -8.52. The van der Waals surface area contributed by atoms with Gasteiger partial charge in [-0.25, -0.2) is 0 Å². The number of aryl methyl sites for hydroxylation is 1. The van der Waals surface area contributed by atoms with Gasteiger partial charge < -0.3 is 15.7 Å². The van der Waals surface area contributed by atoms with Crippen LogP contribution in [0.25, 0.3) is 0 Å². The Labute approximate surface area is 204 Å². The van der Waals surface area contributed by atoms with Crippen LogP contribution in [0.5, 0.6) is 0 Å². The largest absolute Gasteiger partial charge is 0.423 e. The molecule has 0 spiro atoms. The molecular weight excluding hydrogens is 527 g/mol. The predicted molar refractivity (Wildman–Crippen MR) is 116 cm³/mol. The molecule has 4 nitrogen and oxygen atoms in total. The molecule has 0 fully saturated rings. The number of carbonyl (C=O) groups excluding carboxylic acids is 1. The van der Waals surface area contributed by atoms with Crippen molar-refractivity contribution >= 4 is 23.4 Å². The lowest BCUT2D eigenvalue weighted by Gasteiger charge is -2.32.